The maximum atomic E-state index is 2.48. The first kappa shape index (κ1) is 11.5. The van der Waals surface area contributed by atoms with Crippen LogP contribution >= 0.6 is 0 Å². The fourth-order valence-electron chi connectivity index (χ4n) is 2.18. The van der Waals surface area contributed by atoms with Gasteiger partial charge >= 0.3 is 0 Å². The van der Waals surface area contributed by atoms with Crippen molar-refractivity contribution >= 4 is 5.69 Å². The Labute approximate surface area is 98.7 Å². The zero-order valence-electron chi connectivity index (χ0n) is 10.7. The highest BCUT2D eigenvalue weighted by Gasteiger charge is 2.15. The first-order chi connectivity index (χ1) is 7.57. The van der Waals surface area contributed by atoms with E-state index in [-0.39, 0.29) is 5.41 Å². The largest absolute Gasteiger partial charge is 0.360 e. The molecule has 0 spiro atoms. The van der Waals surface area contributed by atoms with Gasteiger partial charge < -0.3 is 10.2 Å². The first-order valence-corrected chi connectivity index (χ1v) is 6.24. The molecule has 0 aromatic heterocycles. The number of rotatable bonds is 1. The van der Waals surface area contributed by atoms with Gasteiger partial charge in [0.2, 0.25) is 0 Å². The van der Waals surface area contributed by atoms with Gasteiger partial charge in [0.1, 0.15) is 0 Å². The van der Waals surface area contributed by atoms with Crippen molar-refractivity contribution in [1.29, 1.82) is 0 Å². The summed E-state index contributed by atoms with van der Waals surface area (Å²) in [6.45, 7) is 11.6. The summed E-state index contributed by atoms with van der Waals surface area (Å²) in [5.74, 6) is 0. The summed E-state index contributed by atoms with van der Waals surface area (Å²) in [5.41, 5.74) is 3.05. The smallest absolute Gasteiger partial charge is 0.0934 e. The lowest BCUT2D eigenvalue weighted by Crippen LogP contribution is -2.89. The van der Waals surface area contributed by atoms with Crippen LogP contribution < -0.4 is 10.2 Å². The zero-order chi connectivity index (χ0) is 11.6. The van der Waals surface area contributed by atoms with E-state index in [0.717, 1.165) is 0 Å². The van der Waals surface area contributed by atoms with E-state index in [4.69, 9.17) is 0 Å². The number of hydrogen-bond donors (Lipinski definition) is 1. The molecule has 16 heavy (non-hydrogen) atoms. The van der Waals surface area contributed by atoms with Crippen LogP contribution in [0.1, 0.15) is 26.3 Å². The van der Waals surface area contributed by atoms with Gasteiger partial charge in [-0.3, -0.25) is 0 Å². The summed E-state index contributed by atoms with van der Waals surface area (Å²) >= 11 is 0. The topological polar surface area (TPSA) is 19.9 Å². The first-order valence-electron chi connectivity index (χ1n) is 6.24. The summed E-state index contributed by atoms with van der Waals surface area (Å²) in [7, 11) is 0. The van der Waals surface area contributed by atoms with E-state index in [2.05, 4.69) is 55.3 Å². The monoisotopic (exact) mass is 219 g/mol. The third-order valence-corrected chi connectivity index (χ3v) is 3.30. The van der Waals surface area contributed by atoms with Gasteiger partial charge in [-0.25, -0.2) is 0 Å². The summed E-state index contributed by atoms with van der Waals surface area (Å²) in [6, 6.07) is 9.08. The predicted molar refractivity (Wildman–Crippen MR) is 69.0 cm³/mol. The van der Waals surface area contributed by atoms with Crippen molar-refractivity contribution < 1.29 is 5.32 Å². The van der Waals surface area contributed by atoms with E-state index in [0.29, 0.717) is 0 Å². The Hall–Kier alpha value is -1.02. The number of nitrogens with zero attached hydrogens (tertiary/aromatic N) is 1. The molecule has 1 saturated heterocycles. The molecule has 1 aliphatic rings. The molecule has 0 unspecified atom stereocenters. The SMILES string of the molecule is CC(C)(C)c1ccc(N2CC[NH2+]CC2)cc1. The highest BCUT2D eigenvalue weighted by atomic mass is 15.2. The number of hydrogen-bond acceptors (Lipinski definition) is 1. The van der Waals surface area contributed by atoms with Crippen LogP contribution in [0.3, 0.4) is 0 Å². The molecule has 1 aromatic rings. The molecule has 0 amide bonds. The van der Waals surface area contributed by atoms with Crippen LogP contribution in [0.2, 0.25) is 0 Å². The van der Waals surface area contributed by atoms with Gasteiger partial charge in [-0.1, -0.05) is 32.9 Å². The second-order valence-corrected chi connectivity index (χ2v) is 5.65. The fourth-order valence-corrected chi connectivity index (χ4v) is 2.18. The molecule has 1 fully saturated rings. The predicted octanol–water partition coefficient (Wildman–Crippen LogP) is 1.37. The molecule has 0 radical (unpaired) electrons. The molecule has 1 heterocycles. The molecule has 2 N–H and O–H groups in total. The van der Waals surface area contributed by atoms with Crippen molar-refractivity contribution in [2.75, 3.05) is 31.1 Å². The molecule has 88 valence electrons. The van der Waals surface area contributed by atoms with Crippen LogP contribution in [-0.2, 0) is 5.41 Å². The molecule has 0 atom stereocenters. The Morgan fingerprint density at radius 2 is 1.56 bits per heavy atom. The molecular formula is C14H23N2+. The Kier molecular flexibility index (Phi) is 3.20. The number of anilines is 1. The van der Waals surface area contributed by atoms with Crippen molar-refractivity contribution in [3.8, 4) is 0 Å². The summed E-state index contributed by atoms with van der Waals surface area (Å²) in [5, 5.41) is 2.39. The fraction of sp³-hybridized carbons (Fsp3) is 0.571. The van der Waals surface area contributed by atoms with E-state index in [1.807, 2.05) is 0 Å². The molecular weight excluding hydrogens is 196 g/mol. The lowest BCUT2D eigenvalue weighted by molar-refractivity contribution is -0.655. The molecule has 0 saturated carbocycles. The van der Waals surface area contributed by atoms with Gasteiger partial charge in [-0.15, -0.1) is 0 Å². The van der Waals surface area contributed by atoms with E-state index in [1.54, 1.807) is 0 Å². The van der Waals surface area contributed by atoms with Crippen molar-refractivity contribution in [2.45, 2.75) is 26.2 Å². The number of benzene rings is 1. The highest BCUT2D eigenvalue weighted by Crippen LogP contribution is 2.24. The van der Waals surface area contributed by atoms with E-state index < -0.39 is 0 Å². The van der Waals surface area contributed by atoms with Gasteiger partial charge in [0.05, 0.1) is 26.2 Å². The van der Waals surface area contributed by atoms with E-state index in [9.17, 15) is 0 Å². The maximum absolute atomic E-state index is 2.48. The lowest BCUT2D eigenvalue weighted by atomic mass is 9.87. The maximum Gasteiger partial charge on any atom is 0.0934 e. The molecule has 2 nitrogen and oxygen atoms in total. The average molecular weight is 219 g/mol. The summed E-state index contributed by atoms with van der Waals surface area (Å²) < 4.78 is 0. The van der Waals surface area contributed by atoms with Gasteiger partial charge in [0.15, 0.2) is 0 Å². The minimum Gasteiger partial charge on any atom is -0.360 e. The van der Waals surface area contributed by atoms with Gasteiger partial charge in [0, 0.05) is 5.69 Å². The number of nitrogens with two attached hydrogens (primary N) is 1. The van der Waals surface area contributed by atoms with E-state index in [1.165, 1.54) is 37.4 Å². The Bertz CT molecular complexity index is 329. The van der Waals surface area contributed by atoms with Crippen LogP contribution in [0.15, 0.2) is 24.3 Å². The average Bonchev–Trinajstić information content (AvgIpc) is 2.29. The second kappa shape index (κ2) is 4.46. The Morgan fingerprint density at radius 3 is 2.06 bits per heavy atom. The van der Waals surface area contributed by atoms with Crippen LogP contribution in [0, 0.1) is 0 Å². The third-order valence-electron chi connectivity index (χ3n) is 3.30. The minimum atomic E-state index is 0.258. The zero-order valence-corrected chi connectivity index (χ0v) is 10.7. The number of piperazine rings is 1. The summed E-state index contributed by atoms with van der Waals surface area (Å²) in [4.78, 5) is 2.48. The van der Waals surface area contributed by atoms with Crippen LogP contribution in [0.4, 0.5) is 5.69 Å². The molecule has 2 rings (SSSR count). The molecule has 2 heteroatoms. The lowest BCUT2D eigenvalue weighted by Gasteiger charge is -2.28. The van der Waals surface area contributed by atoms with Crippen molar-refractivity contribution in [1.82, 2.24) is 0 Å². The Balaban J connectivity index is 2.12. The number of quaternary nitrogens is 1. The van der Waals surface area contributed by atoms with Gasteiger partial charge in [0.25, 0.3) is 0 Å². The van der Waals surface area contributed by atoms with E-state index >= 15 is 0 Å². The molecule has 1 aromatic carbocycles. The van der Waals surface area contributed by atoms with Gasteiger partial charge in [-0.2, -0.15) is 0 Å². The summed E-state index contributed by atoms with van der Waals surface area (Å²) in [6.07, 6.45) is 0. The van der Waals surface area contributed by atoms with Crippen LogP contribution in [0.25, 0.3) is 0 Å². The van der Waals surface area contributed by atoms with Crippen LogP contribution in [-0.4, -0.2) is 26.2 Å². The van der Waals surface area contributed by atoms with Crippen molar-refractivity contribution in [3.63, 3.8) is 0 Å². The van der Waals surface area contributed by atoms with Crippen molar-refractivity contribution in [3.05, 3.63) is 29.8 Å². The van der Waals surface area contributed by atoms with Gasteiger partial charge in [-0.05, 0) is 23.1 Å². The molecule has 1 aliphatic heterocycles. The molecule has 0 aliphatic carbocycles. The highest BCUT2D eigenvalue weighted by molar-refractivity contribution is 5.48. The normalized spacial score (nSPS) is 17.6. The standard InChI is InChI=1S/C14H22N2/c1-14(2,3)12-4-6-13(7-5-12)16-10-8-15-9-11-16/h4-7,15H,8-11H2,1-3H3/p+1. The Morgan fingerprint density at radius 1 is 1.00 bits per heavy atom. The molecule has 0 bridgehead atoms. The van der Waals surface area contributed by atoms with Crippen LogP contribution in [0.5, 0.6) is 0 Å². The minimum absolute atomic E-state index is 0.258. The van der Waals surface area contributed by atoms with Crippen molar-refractivity contribution in [2.24, 2.45) is 0 Å². The second-order valence-electron chi connectivity index (χ2n) is 5.65. The third kappa shape index (κ3) is 2.56. The quantitative estimate of drug-likeness (QED) is 0.756.